The predicted octanol–water partition coefficient (Wildman–Crippen LogP) is 6.89. The van der Waals surface area contributed by atoms with Gasteiger partial charge in [0.1, 0.15) is 5.69 Å². The van der Waals surface area contributed by atoms with E-state index in [1.54, 1.807) is 67.6 Å². The van der Waals surface area contributed by atoms with Crippen LogP contribution in [0.15, 0.2) is 79.0 Å². The number of anilines is 2. The Morgan fingerprint density at radius 2 is 1.76 bits per heavy atom. The Bertz CT molecular complexity index is 1870. The number of nitrogens with zero attached hydrogens (tertiary/aromatic N) is 3. The van der Waals surface area contributed by atoms with Gasteiger partial charge in [-0.15, -0.1) is 6.42 Å². The van der Waals surface area contributed by atoms with Crippen molar-refractivity contribution < 1.29 is 22.8 Å². The molecule has 41 heavy (non-hydrogen) atoms. The molecule has 0 bridgehead atoms. The lowest BCUT2D eigenvalue weighted by Crippen LogP contribution is -2.21. The molecule has 2 N–H and O–H groups in total. The highest BCUT2D eigenvalue weighted by Crippen LogP contribution is 2.36. The third-order valence-electron chi connectivity index (χ3n) is 6.17. The minimum atomic E-state index is -4.83. The van der Waals surface area contributed by atoms with Crippen molar-refractivity contribution in [2.45, 2.75) is 13.1 Å². The first-order valence-electron chi connectivity index (χ1n) is 12.1. The van der Waals surface area contributed by atoms with Gasteiger partial charge in [-0.3, -0.25) is 9.59 Å². The molecule has 2 aromatic heterocycles. The largest absolute Gasteiger partial charge is 0.435 e. The van der Waals surface area contributed by atoms with Gasteiger partial charge in [-0.05, 0) is 48.2 Å². The van der Waals surface area contributed by atoms with E-state index in [0.29, 0.717) is 33.7 Å². The zero-order valence-corrected chi connectivity index (χ0v) is 22.0. The summed E-state index contributed by atoms with van der Waals surface area (Å²) in [5, 5.41) is 10.0. The summed E-state index contributed by atoms with van der Waals surface area (Å²) in [6.07, 6.45) is 2.00. The Morgan fingerprint density at radius 1 is 0.976 bits per heavy atom. The summed E-state index contributed by atoms with van der Waals surface area (Å²) in [7, 11) is 0. The number of terminal acetylenes is 1. The van der Waals surface area contributed by atoms with Crippen LogP contribution in [-0.4, -0.2) is 26.6 Å². The molecule has 0 saturated heterocycles. The van der Waals surface area contributed by atoms with Gasteiger partial charge in [0.2, 0.25) is 0 Å². The van der Waals surface area contributed by atoms with Crippen molar-refractivity contribution in [3.63, 3.8) is 0 Å². The lowest BCUT2D eigenvalue weighted by atomic mass is 10.0. The molecule has 0 saturated carbocycles. The molecule has 3 aromatic carbocycles. The van der Waals surface area contributed by atoms with E-state index in [4.69, 9.17) is 18.0 Å². The Hall–Kier alpha value is -5.14. The quantitative estimate of drug-likeness (QED) is 0.224. The summed E-state index contributed by atoms with van der Waals surface area (Å²) in [5.41, 5.74) is -0.460. The van der Waals surface area contributed by atoms with Crippen molar-refractivity contribution in [3.8, 4) is 18.2 Å². The first-order chi connectivity index (χ1) is 19.6. The highest BCUT2D eigenvalue weighted by atomic mass is 35.5. The number of halogens is 4. The normalized spacial score (nSPS) is 11.2. The van der Waals surface area contributed by atoms with E-state index >= 15 is 0 Å². The summed E-state index contributed by atoms with van der Waals surface area (Å²) in [4.78, 5) is 31.2. The standard InChI is InChI=1S/C30H19ClF3N5O2/c1-3-18-9-6-11-20(14-18)36-28(40)22-15-19-10-4-5-12-21(19)25(31)26(22)37-29(41)23-16-24(30(32,33)34)38-39(23)27-17(2)8-7-13-35-27/h1,4-16H,2H3,(H,36,40)(H,37,41). The zero-order valence-electron chi connectivity index (χ0n) is 21.3. The summed E-state index contributed by atoms with van der Waals surface area (Å²) < 4.78 is 41.7. The number of carbonyl (C=O) groups excluding carboxylic acids is 2. The first-order valence-corrected chi connectivity index (χ1v) is 12.4. The van der Waals surface area contributed by atoms with Crippen molar-refractivity contribution >= 4 is 45.6 Å². The third-order valence-corrected chi connectivity index (χ3v) is 6.56. The lowest BCUT2D eigenvalue weighted by Gasteiger charge is -2.16. The van der Waals surface area contributed by atoms with Crippen LogP contribution in [0.1, 0.15) is 37.7 Å². The topological polar surface area (TPSA) is 88.9 Å². The molecule has 5 rings (SSSR count). The molecule has 5 aromatic rings. The SMILES string of the molecule is C#Cc1cccc(NC(=O)c2cc3ccccc3c(Cl)c2NC(=O)c2cc(C(F)(F)F)nn2-c2ncccc2C)c1. The van der Waals surface area contributed by atoms with E-state index in [2.05, 4.69) is 26.6 Å². The summed E-state index contributed by atoms with van der Waals surface area (Å²) >= 11 is 6.70. The Balaban J connectivity index is 1.61. The highest BCUT2D eigenvalue weighted by molar-refractivity contribution is 6.40. The average molecular weight is 574 g/mol. The molecule has 204 valence electrons. The second-order valence-electron chi connectivity index (χ2n) is 8.94. The number of pyridine rings is 1. The van der Waals surface area contributed by atoms with E-state index in [1.165, 1.54) is 12.3 Å². The van der Waals surface area contributed by atoms with Gasteiger partial charge < -0.3 is 10.6 Å². The number of carbonyl (C=O) groups is 2. The van der Waals surface area contributed by atoms with Crippen LogP contribution >= 0.6 is 11.6 Å². The number of hydrogen-bond acceptors (Lipinski definition) is 4. The monoisotopic (exact) mass is 573 g/mol. The minimum absolute atomic E-state index is 0.0232. The van der Waals surface area contributed by atoms with Gasteiger partial charge in [0.25, 0.3) is 11.8 Å². The van der Waals surface area contributed by atoms with Gasteiger partial charge in [0.15, 0.2) is 11.5 Å². The van der Waals surface area contributed by atoms with E-state index < -0.39 is 29.4 Å². The maximum absolute atomic E-state index is 13.6. The Kier molecular flexibility index (Phi) is 7.22. The number of amides is 2. The molecule has 0 radical (unpaired) electrons. The molecule has 0 aliphatic rings. The number of benzene rings is 3. The summed E-state index contributed by atoms with van der Waals surface area (Å²) in [6, 6.07) is 18.8. The summed E-state index contributed by atoms with van der Waals surface area (Å²) in [5.74, 6) is 0.894. The van der Waals surface area contributed by atoms with Gasteiger partial charge >= 0.3 is 6.18 Å². The third kappa shape index (κ3) is 5.48. The molecule has 0 aliphatic carbocycles. The molecule has 0 atom stereocenters. The number of aryl methyl sites for hydroxylation is 1. The van der Waals surface area contributed by atoms with Crippen LogP contribution in [0.4, 0.5) is 24.5 Å². The fourth-order valence-corrected chi connectivity index (χ4v) is 4.53. The number of hydrogen-bond donors (Lipinski definition) is 2. The average Bonchev–Trinajstić information content (AvgIpc) is 3.41. The molecule has 2 heterocycles. The number of fused-ring (bicyclic) bond motifs is 1. The van der Waals surface area contributed by atoms with E-state index in [0.717, 1.165) is 4.68 Å². The maximum Gasteiger partial charge on any atom is 0.435 e. The molecule has 2 amide bonds. The fraction of sp³-hybridized carbons (Fsp3) is 0.0667. The second kappa shape index (κ2) is 10.8. The molecule has 11 heteroatoms. The number of rotatable bonds is 5. The zero-order chi connectivity index (χ0) is 29.3. The smallest absolute Gasteiger partial charge is 0.322 e. The fourth-order valence-electron chi connectivity index (χ4n) is 4.21. The number of nitrogens with one attached hydrogen (secondary N) is 2. The first kappa shape index (κ1) is 27.4. The maximum atomic E-state index is 13.6. The van der Waals surface area contributed by atoms with Crippen molar-refractivity contribution in [2.24, 2.45) is 0 Å². The van der Waals surface area contributed by atoms with Gasteiger partial charge in [0.05, 0.1) is 16.3 Å². The van der Waals surface area contributed by atoms with Crippen LogP contribution in [0.3, 0.4) is 0 Å². The number of aromatic nitrogens is 3. The Labute approximate surface area is 237 Å². The molecule has 0 fully saturated rings. The number of alkyl halides is 3. The van der Waals surface area contributed by atoms with E-state index in [9.17, 15) is 22.8 Å². The van der Waals surface area contributed by atoms with Crippen LogP contribution in [-0.2, 0) is 6.18 Å². The van der Waals surface area contributed by atoms with Crippen LogP contribution in [0, 0.1) is 19.3 Å². The van der Waals surface area contributed by atoms with Gasteiger partial charge in [0, 0.05) is 28.9 Å². The Morgan fingerprint density at radius 3 is 2.49 bits per heavy atom. The van der Waals surface area contributed by atoms with E-state index in [1.807, 2.05) is 0 Å². The predicted molar refractivity (Wildman–Crippen MR) is 150 cm³/mol. The molecule has 0 aliphatic heterocycles. The second-order valence-corrected chi connectivity index (χ2v) is 9.31. The lowest BCUT2D eigenvalue weighted by molar-refractivity contribution is -0.141. The van der Waals surface area contributed by atoms with Crippen molar-refractivity contribution in [2.75, 3.05) is 10.6 Å². The molecular formula is C30H19ClF3N5O2. The van der Waals surface area contributed by atoms with Crippen LogP contribution < -0.4 is 10.6 Å². The van der Waals surface area contributed by atoms with Crippen LogP contribution in [0.5, 0.6) is 0 Å². The van der Waals surface area contributed by atoms with Crippen LogP contribution in [0.25, 0.3) is 16.6 Å². The van der Waals surface area contributed by atoms with Gasteiger partial charge in [-0.25, -0.2) is 9.67 Å². The molecule has 0 spiro atoms. The van der Waals surface area contributed by atoms with Crippen LogP contribution in [0.2, 0.25) is 5.02 Å². The molecule has 7 nitrogen and oxygen atoms in total. The van der Waals surface area contributed by atoms with Gasteiger partial charge in [-0.2, -0.15) is 18.3 Å². The van der Waals surface area contributed by atoms with Crippen molar-refractivity contribution in [3.05, 3.63) is 112 Å². The van der Waals surface area contributed by atoms with Crippen molar-refractivity contribution in [1.29, 1.82) is 0 Å². The summed E-state index contributed by atoms with van der Waals surface area (Å²) in [6.45, 7) is 1.62. The van der Waals surface area contributed by atoms with E-state index in [-0.39, 0.29) is 22.1 Å². The minimum Gasteiger partial charge on any atom is -0.322 e. The molecular weight excluding hydrogens is 555 g/mol. The van der Waals surface area contributed by atoms with Crippen molar-refractivity contribution in [1.82, 2.24) is 14.8 Å². The van der Waals surface area contributed by atoms with Gasteiger partial charge in [-0.1, -0.05) is 53.9 Å². The highest BCUT2D eigenvalue weighted by Gasteiger charge is 2.37. The molecule has 0 unspecified atom stereocenters.